The van der Waals surface area contributed by atoms with Crippen molar-refractivity contribution < 1.29 is 14.3 Å². The van der Waals surface area contributed by atoms with Crippen LogP contribution >= 0.6 is 11.8 Å². The maximum atomic E-state index is 11.7. The number of rotatable bonds is 5. The van der Waals surface area contributed by atoms with Crippen molar-refractivity contribution in [3.63, 3.8) is 0 Å². The zero-order valence-corrected chi connectivity index (χ0v) is 12.3. The number of hydrogen-bond donors (Lipinski definition) is 0. The molecule has 0 fully saturated rings. The summed E-state index contributed by atoms with van der Waals surface area (Å²) in [4.78, 5) is 12.8. The molecule has 0 N–H and O–H groups in total. The predicted octanol–water partition coefficient (Wildman–Crippen LogP) is 4.38. The third-order valence-electron chi connectivity index (χ3n) is 2.64. The molecule has 0 spiro atoms. The van der Waals surface area contributed by atoms with Crippen LogP contribution in [0.3, 0.4) is 0 Å². The summed E-state index contributed by atoms with van der Waals surface area (Å²) in [7, 11) is 0. The number of esters is 1. The fraction of sp³-hybridized carbons (Fsp3) is 0.188. The van der Waals surface area contributed by atoms with Gasteiger partial charge in [-0.2, -0.15) is 0 Å². The van der Waals surface area contributed by atoms with E-state index in [1.807, 2.05) is 36.6 Å². The molecule has 0 saturated carbocycles. The first-order chi connectivity index (χ1) is 9.72. The van der Waals surface area contributed by atoms with E-state index in [4.69, 9.17) is 9.47 Å². The van der Waals surface area contributed by atoms with E-state index < -0.39 is 0 Å². The Morgan fingerprint density at radius 2 is 1.85 bits per heavy atom. The van der Waals surface area contributed by atoms with Gasteiger partial charge in [0.25, 0.3) is 0 Å². The monoisotopic (exact) mass is 288 g/mol. The lowest BCUT2D eigenvalue weighted by atomic mass is 10.2. The van der Waals surface area contributed by atoms with Crippen LogP contribution in [-0.4, -0.2) is 18.8 Å². The van der Waals surface area contributed by atoms with Gasteiger partial charge in [0.1, 0.15) is 11.5 Å². The summed E-state index contributed by atoms with van der Waals surface area (Å²) in [5.74, 6) is 1.02. The second-order valence-corrected chi connectivity index (χ2v) is 4.91. The lowest BCUT2D eigenvalue weighted by Gasteiger charge is -2.08. The Balaban J connectivity index is 2.12. The SMILES string of the molecule is CCOC(=O)c1cccc(Oc2ccc(SC)cc2)c1. The number of hydrogen-bond acceptors (Lipinski definition) is 4. The minimum Gasteiger partial charge on any atom is -0.462 e. The van der Waals surface area contributed by atoms with Gasteiger partial charge in [0, 0.05) is 4.90 Å². The van der Waals surface area contributed by atoms with Crippen molar-refractivity contribution in [3.05, 3.63) is 54.1 Å². The lowest BCUT2D eigenvalue weighted by molar-refractivity contribution is 0.0526. The van der Waals surface area contributed by atoms with Gasteiger partial charge in [-0.25, -0.2) is 4.79 Å². The molecule has 0 amide bonds. The van der Waals surface area contributed by atoms with Crippen LogP contribution in [0, 0.1) is 0 Å². The van der Waals surface area contributed by atoms with Crippen LogP contribution in [0.2, 0.25) is 0 Å². The summed E-state index contributed by atoms with van der Waals surface area (Å²) in [5.41, 5.74) is 0.491. The Kier molecular flexibility index (Phi) is 5.07. The first kappa shape index (κ1) is 14.5. The summed E-state index contributed by atoms with van der Waals surface area (Å²) in [6, 6.07) is 14.8. The van der Waals surface area contributed by atoms with Gasteiger partial charge in [0.2, 0.25) is 0 Å². The van der Waals surface area contributed by atoms with Gasteiger partial charge in [-0.1, -0.05) is 6.07 Å². The zero-order valence-electron chi connectivity index (χ0n) is 11.5. The second kappa shape index (κ2) is 7.01. The molecule has 0 heterocycles. The van der Waals surface area contributed by atoms with Gasteiger partial charge in [-0.05, 0) is 55.6 Å². The first-order valence-corrected chi connectivity index (χ1v) is 7.54. The zero-order chi connectivity index (χ0) is 14.4. The number of carbonyl (C=O) groups is 1. The number of thioether (sulfide) groups is 1. The standard InChI is InChI=1S/C16H16O3S/c1-3-18-16(17)12-5-4-6-14(11-12)19-13-7-9-15(20-2)10-8-13/h4-11H,3H2,1-2H3. The highest BCUT2D eigenvalue weighted by Gasteiger charge is 2.07. The van der Waals surface area contributed by atoms with E-state index in [1.54, 1.807) is 36.9 Å². The summed E-state index contributed by atoms with van der Waals surface area (Å²) in [6.45, 7) is 2.14. The van der Waals surface area contributed by atoms with Crippen LogP contribution in [0.1, 0.15) is 17.3 Å². The van der Waals surface area contributed by atoms with Crippen LogP contribution in [0.4, 0.5) is 0 Å². The molecular formula is C16H16O3S. The van der Waals surface area contributed by atoms with Gasteiger partial charge in [0.05, 0.1) is 12.2 Å². The highest BCUT2D eigenvalue weighted by molar-refractivity contribution is 7.98. The summed E-state index contributed by atoms with van der Waals surface area (Å²) < 4.78 is 10.7. The topological polar surface area (TPSA) is 35.5 Å². The smallest absolute Gasteiger partial charge is 0.338 e. The van der Waals surface area contributed by atoms with E-state index in [-0.39, 0.29) is 5.97 Å². The highest BCUT2D eigenvalue weighted by Crippen LogP contribution is 2.25. The molecule has 0 unspecified atom stereocenters. The lowest BCUT2D eigenvalue weighted by Crippen LogP contribution is -2.04. The third kappa shape index (κ3) is 3.78. The van der Waals surface area contributed by atoms with E-state index in [0.29, 0.717) is 17.9 Å². The molecule has 0 saturated heterocycles. The average molecular weight is 288 g/mol. The van der Waals surface area contributed by atoms with Crippen LogP contribution in [0.25, 0.3) is 0 Å². The van der Waals surface area contributed by atoms with Crippen LogP contribution in [-0.2, 0) is 4.74 Å². The summed E-state index contributed by atoms with van der Waals surface area (Å²) in [6.07, 6.45) is 2.03. The number of benzene rings is 2. The van der Waals surface area contributed by atoms with E-state index >= 15 is 0 Å². The average Bonchev–Trinajstić information content (AvgIpc) is 2.48. The van der Waals surface area contributed by atoms with Crippen molar-refractivity contribution >= 4 is 17.7 Å². The maximum absolute atomic E-state index is 11.7. The van der Waals surface area contributed by atoms with Crippen molar-refractivity contribution in [2.24, 2.45) is 0 Å². The molecule has 2 rings (SSSR count). The van der Waals surface area contributed by atoms with Gasteiger partial charge in [-0.15, -0.1) is 11.8 Å². The van der Waals surface area contributed by atoms with Gasteiger partial charge < -0.3 is 9.47 Å². The Morgan fingerprint density at radius 3 is 2.50 bits per heavy atom. The summed E-state index contributed by atoms with van der Waals surface area (Å²) >= 11 is 1.68. The molecule has 0 aromatic heterocycles. The largest absolute Gasteiger partial charge is 0.462 e. The quantitative estimate of drug-likeness (QED) is 0.604. The van der Waals surface area contributed by atoms with Crippen LogP contribution < -0.4 is 4.74 Å². The molecule has 20 heavy (non-hydrogen) atoms. The van der Waals surface area contributed by atoms with E-state index in [0.717, 1.165) is 5.75 Å². The minimum absolute atomic E-state index is 0.337. The van der Waals surface area contributed by atoms with Crippen molar-refractivity contribution in [2.75, 3.05) is 12.9 Å². The fourth-order valence-corrected chi connectivity index (χ4v) is 2.09. The molecule has 104 valence electrons. The molecule has 2 aromatic rings. The van der Waals surface area contributed by atoms with Crippen molar-refractivity contribution in [1.82, 2.24) is 0 Å². The fourth-order valence-electron chi connectivity index (χ4n) is 1.68. The third-order valence-corrected chi connectivity index (χ3v) is 3.38. The van der Waals surface area contributed by atoms with E-state index in [1.165, 1.54) is 4.90 Å². The molecule has 0 bridgehead atoms. The molecule has 0 radical (unpaired) electrons. The van der Waals surface area contributed by atoms with Crippen LogP contribution in [0.5, 0.6) is 11.5 Å². The molecule has 0 atom stereocenters. The van der Waals surface area contributed by atoms with Gasteiger partial charge >= 0.3 is 5.97 Å². The maximum Gasteiger partial charge on any atom is 0.338 e. The van der Waals surface area contributed by atoms with Gasteiger partial charge in [0.15, 0.2) is 0 Å². The molecule has 2 aromatic carbocycles. The Morgan fingerprint density at radius 1 is 1.10 bits per heavy atom. The molecule has 0 aliphatic carbocycles. The normalized spacial score (nSPS) is 10.1. The Bertz CT molecular complexity index is 579. The minimum atomic E-state index is -0.337. The molecular weight excluding hydrogens is 272 g/mol. The van der Waals surface area contributed by atoms with Gasteiger partial charge in [-0.3, -0.25) is 0 Å². The molecule has 0 aliphatic heterocycles. The van der Waals surface area contributed by atoms with E-state index in [9.17, 15) is 4.79 Å². The number of carbonyl (C=O) groups excluding carboxylic acids is 1. The van der Waals surface area contributed by atoms with Crippen molar-refractivity contribution in [3.8, 4) is 11.5 Å². The van der Waals surface area contributed by atoms with Crippen molar-refractivity contribution in [1.29, 1.82) is 0 Å². The Hall–Kier alpha value is -1.94. The summed E-state index contributed by atoms with van der Waals surface area (Å²) in [5, 5.41) is 0. The first-order valence-electron chi connectivity index (χ1n) is 6.32. The molecule has 3 nitrogen and oxygen atoms in total. The van der Waals surface area contributed by atoms with E-state index in [2.05, 4.69) is 0 Å². The second-order valence-electron chi connectivity index (χ2n) is 4.03. The molecule has 0 aliphatic rings. The van der Waals surface area contributed by atoms with Crippen LogP contribution in [0.15, 0.2) is 53.4 Å². The van der Waals surface area contributed by atoms with Crippen molar-refractivity contribution in [2.45, 2.75) is 11.8 Å². The number of ether oxygens (including phenoxy) is 2. The molecule has 4 heteroatoms. The Labute approximate surface area is 122 Å². The highest BCUT2D eigenvalue weighted by atomic mass is 32.2. The predicted molar refractivity (Wildman–Crippen MR) is 80.7 cm³/mol.